The van der Waals surface area contributed by atoms with Crippen molar-refractivity contribution in [1.29, 1.82) is 0 Å². The summed E-state index contributed by atoms with van der Waals surface area (Å²) in [5.41, 5.74) is 0. The fourth-order valence-corrected chi connectivity index (χ4v) is 5.81. The van der Waals surface area contributed by atoms with Crippen LogP contribution in [0.15, 0.2) is 0 Å². The van der Waals surface area contributed by atoms with Crippen LogP contribution >= 0.6 is 19.4 Å². The summed E-state index contributed by atoms with van der Waals surface area (Å²) in [4.78, 5) is 11.1. The van der Waals surface area contributed by atoms with Crippen LogP contribution < -0.4 is 0 Å². The van der Waals surface area contributed by atoms with Gasteiger partial charge in [0.05, 0.1) is 12.2 Å². The largest absolute Gasteiger partial charge is 0.344 e. The SMILES string of the molecule is CC(C)OP(=O)(OC(C)C)C1CC(=O)CCS1. The van der Waals surface area contributed by atoms with Crippen molar-refractivity contribution in [2.24, 2.45) is 0 Å². The Kier molecular flexibility index (Phi) is 5.71. The minimum Gasteiger partial charge on any atom is -0.305 e. The number of rotatable bonds is 5. The second-order valence-corrected chi connectivity index (χ2v) is 8.45. The lowest BCUT2D eigenvalue weighted by Crippen LogP contribution is -2.23. The monoisotopic (exact) mass is 280 g/mol. The number of carbonyl (C=O) groups is 1. The van der Waals surface area contributed by atoms with Crippen LogP contribution in [-0.4, -0.2) is 28.7 Å². The Bertz CT molecular complexity index is 303. The highest BCUT2D eigenvalue weighted by molar-refractivity contribution is 8.05. The Morgan fingerprint density at radius 3 is 2.18 bits per heavy atom. The maximum Gasteiger partial charge on any atom is 0.344 e. The van der Waals surface area contributed by atoms with E-state index in [9.17, 15) is 9.36 Å². The molecule has 0 aromatic carbocycles. The van der Waals surface area contributed by atoms with Gasteiger partial charge in [0.25, 0.3) is 0 Å². The smallest absolute Gasteiger partial charge is 0.305 e. The Balaban J connectivity index is 2.80. The fourth-order valence-electron chi connectivity index (χ4n) is 1.62. The maximum atomic E-state index is 12.7. The van der Waals surface area contributed by atoms with E-state index in [1.54, 1.807) is 0 Å². The van der Waals surface area contributed by atoms with Gasteiger partial charge in [0.15, 0.2) is 0 Å². The Morgan fingerprint density at radius 2 is 1.76 bits per heavy atom. The van der Waals surface area contributed by atoms with Crippen molar-refractivity contribution in [3.63, 3.8) is 0 Å². The number of Topliss-reactive ketones (excluding diaryl/α,β-unsaturated/α-hetero) is 1. The Morgan fingerprint density at radius 1 is 1.24 bits per heavy atom. The van der Waals surface area contributed by atoms with Gasteiger partial charge in [0, 0.05) is 18.6 Å². The minimum absolute atomic E-state index is 0.147. The van der Waals surface area contributed by atoms with Gasteiger partial charge < -0.3 is 9.05 Å². The molecule has 1 aliphatic heterocycles. The lowest BCUT2D eigenvalue weighted by molar-refractivity contribution is -0.118. The first kappa shape index (κ1) is 15.2. The second-order valence-electron chi connectivity index (χ2n) is 4.67. The summed E-state index contributed by atoms with van der Waals surface area (Å²) >= 11 is 1.52. The van der Waals surface area contributed by atoms with Crippen LogP contribution in [0.4, 0.5) is 0 Å². The molecule has 0 N–H and O–H groups in total. The van der Waals surface area contributed by atoms with E-state index in [0.717, 1.165) is 0 Å². The molecule has 17 heavy (non-hydrogen) atoms. The van der Waals surface area contributed by atoms with Crippen LogP contribution in [-0.2, 0) is 18.4 Å². The standard InChI is InChI=1S/C11H21O4PS/c1-8(2)14-16(13,15-9(3)4)11-7-10(12)5-6-17-11/h8-9,11H,5-7H2,1-4H3. The molecule has 4 nitrogen and oxygen atoms in total. The van der Waals surface area contributed by atoms with Gasteiger partial charge >= 0.3 is 7.60 Å². The van der Waals surface area contributed by atoms with Crippen molar-refractivity contribution in [3.05, 3.63) is 0 Å². The van der Waals surface area contributed by atoms with E-state index in [1.165, 1.54) is 11.8 Å². The van der Waals surface area contributed by atoms with E-state index in [-0.39, 0.29) is 23.0 Å². The molecule has 1 aliphatic rings. The van der Waals surface area contributed by atoms with Gasteiger partial charge in [-0.15, -0.1) is 11.8 Å². The van der Waals surface area contributed by atoms with Gasteiger partial charge in [-0.3, -0.25) is 9.36 Å². The minimum atomic E-state index is -3.20. The first-order chi connectivity index (χ1) is 7.83. The Labute approximate surface area is 107 Å². The van der Waals surface area contributed by atoms with Crippen LogP contribution in [0.5, 0.6) is 0 Å². The fraction of sp³-hybridized carbons (Fsp3) is 0.909. The zero-order valence-electron chi connectivity index (χ0n) is 10.8. The number of ketones is 1. The highest BCUT2D eigenvalue weighted by atomic mass is 32.2. The molecule has 0 radical (unpaired) electrons. The molecule has 0 aromatic heterocycles. The first-order valence-corrected chi connectivity index (χ1v) is 8.59. The number of carbonyl (C=O) groups excluding carboxylic acids is 1. The first-order valence-electron chi connectivity index (χ1n) is 5.93. The normalized spacial score (nSPS) is 22.5. The van der Waals surface area contributed by atoms with Crippen LogP contribution in [0.2, 0.25) is 0 Å². The summed E-state index contributed by atoms with van der Waals surface area (Å²) in [5.74, 6) is 0.852. The second kappa shape index (κ2) is 6.37. The molecule has 0 aliphatic carbocycles. The summed E-state index contributed by atoms with van der Waals surface area (Å²) in [6.45, 7) is 7.30. The van der Waals surface area contributed by atoms with Crippen molar-refractivity contribution in [2.45, 2.75) is 57.7 Å². The highest BCUT2D eigenvalue weighted by Gasteiger charge is 2.41. The molecular formula is C11H21O4PS. The van der Waals surface area contributed by atoms with Crippen LogP contribution in [0.1, 0.15) is 40.5 Å². The lowest BCUT2D eigenvalue weighted by Gasteiger charge is -2.31. The van der Waals surface area contributed by atoms with Crippen LogP contribution in [0, 0.1) is 0 Å². The molecule has 1 fully saturated rings. The predicted octanol–water partition coefficient (Wildman–Crippen LogP) is 3.45. The molecule has 0 bridgehead atoms. The third-order valence-electron chi connectivity index (χ3n) is 2.16. The molecule has 1 saturated heterocycles. The summed E-state index contributed by atoms with van der Waals surface area (Å²) < 4.78 is 23.7. The summed E-state index contributed by atoms with van der Waals surface area (Å²) in [6, 6.07) is 0. The molecule has 0 saturated carbocycles. The van der Waals surface area contributed by atoms with Crippen molar-refractivity contribution < 1.29 is 18.4 Å². The van der Waals surface area contributed by atoms with Gasteiger partial charge in [0.2, 0.25) is 0 Å². The highest BCUT2D eigenvalue weighted by Crippen LogP contribution is 2.60. The van der Waals surface area contributed by atoms with Crippen molar-refractivity contribution in [1.82, 2.24) is 0 Å². The van der Waals surface area contributed by atoms with Crippen molar-refractivity contribution in [2.75, 3.05) is 5.75 Å². The van der Waals surface area contributed by atoms with Gasteiger partial charge in [0.1, 0.15) is 10.8 Å². The van der Waals surface area contributed by atoms with E-state index in [0.29, 0.717) is 18.6 Å². The zero-order chi connectivity index (χ0) is 13.1. The molecule has 0 aromatic rings. The summed E-state index contributed by atoms with van der Waals surface area (Å²) in [6.07, 6.45) is 0.515. The molecule has 1 heterocycles. The maximum absolute atomic E-state index is 12.7. The molecule has 0 amide bonds. The van der Waals surface area contributed by atoms with E-state index in [2.05, 4.69) is 0 Å². The topological polar surface area (TPSA) is 52.6 Å². The van der Waals surface area contributed by atoms with E-state index in [4.69, 9.17) is 9.05 Å². The third kappa shape index (κ3) is 4.74. The van der Waals surface area contributed by atoms with Gasteiger partial charge in [-0.25, -0.2) is 0 Å². The van der Waals surface area contributed by atoms with Crippen molar-refractivity contribution >= 4 is 25.1 Å². The van der Waals surface area contributed by atoms with Crippen LogP contribution in [0.3, 0.4) is 0 Å². The van der Waals surface area contributed by atoms with Crippen LogP contribution in [0.25, 0.3) is 0 Å². The summed E-state index contributed by atoms with van der Waals surface area (Å²) in [7, 11) is -3.20. The quantitative estimate of drug-likeness (QED) is 0.722. The van der Waals surface area contributed by atoms with E-state index < -0.39 is 7.60 Å². The third-order valence-corrected chi connectivity index (χ3v) is 6.69. The molecule has 1 rings (SSSR count). The molecule has 1 atom stereocenters. The number of thioether (sulfide) groups is 1. The lowest BCUT2D eigenvalue weighted by atomic mass is 10.2. The van der Waals surface area contributed by atoms with Gasteiger partial charge in [-0.2, -0.15) is 0 Å². The molecular weight excluding hydrogens is 259 g/mol. The molecule has 6 heteroatoms. The molecule has 0 spiro atoms. The predicted molar refractivity (Wildman–Crippen MR) is 70.5 cm³/mol. The van der Waals surface area contributed by atoms with Crippen molar-refractivity contribution in [3.8, 4) is 0 Å². The molecule has 1 unspecified atom stereocenters. The van der Waals surface area contributed by atoms with E-state index >= 15 is 0 Å². The number of hydrogen-bond donors (Lipinski definition) is 0. The zero-order valence-corrected chi connectivity index (χ0v) is 12.6. The van der Waals surface area contributed by atoms with Gasteiger partial charge in [-0.05, 0) is 27.7 Å². The van der Waals surface area contributed by atoms with E-state index in [1.807, 2.05) is 27.7 Å². The van der Waals surface area contributed by atoms with Gasteiger partial charge in [-0.1, -0.05) is 0 Å². The molecule has 100 valence electrons. The summed E-state index contributed by atoms with van der Waals surface area (Å²) in [5, 5.41) is 0. The average Bonchev–Trinajstić information content (AvgIpc) is 2.14. The Hall–Kier alpha value is 0.170. The number of hydrogen-bond acceptors (Lipinski definition) is 5. The average molecular weight is 280 g/mol.